The third kappa shape index (κ3) is 4.35. The monoisotopic (exact) mass is 365 g/mol. The van der Waals surface area contributed by atoms with Gasteiger partial charge in [-0.05, 0) is 13.0 Å². The van der Waals surface area contributed by atoms with Crippen LogP contribution in [0.1, 0.15) is 16.6 Å². The maximum absolute atomic E-state index is 12.1. The van der Waals surface area contributed by atoms with Crippen LogP contribution in [0.2, 0.25) is 5.02 Å². The summed E-state index contributed by atoms with van der Waals surface area (Å²) in [6.07, 6.45) is -5.90. The summed E-state index contributed by atoms with van der Waals surface area (Å²) in [7, 11) is 0. The van der Waals surface area contributed by atoms with E-state index in [-0.39, 0.29) is 9.90 Å². The lowest BCUT2D eigenvalue weighted by Crippen LogP contribution is -2.40. The van der Waals surface area contributed by atoms with Gasteiger partial charge >= 0.3 is 12.1 Å². The normalized spacial score (nSPS) is 12.9. The van der Waals surface area contributed by atoms with Crippen LogP contribution in [0.5, 0.6) is 0 Å². The average molecular weight is 366 g/mol. The van der Waals surface area contributed by atoms with Crippen molar-refractivity contribution >= 4 is 44.9 Å². The zero-order valence-electron chi connectivity index (χ0n) is 11.7. The molecule has 0 radical (unpaired) electrons. The van der Waals surface area contributed by atoms with Crippen molar-refractivity contribution in [2.45, 2.75) is 19.2 Å². The molecule has 0 aliphatic carbocycles. The maximum Gasteiger partial charge on any atom is 0.405 e. The molecule has 124 valence electrons. The molecule has 0 saturated carbocycles. The van der Waals surface area contributed by atoms with Crippen molar-refractivity contribution in [1.29, 1.82) is 0 Å². The quantitative estimate of drug-likeness (QED) is 0.839. The number of esters is 1. The zero-order chi connectivity index (χ0) is 17.2. The Kier molecular flexibility index (Phi) is 5.16. The number of rotatable bonds is 4. The number of carbonyl (C=O) groups excluding carboxylic acids is 2. The Balaban J connectivity index is 2.05. The van der Waals surface area contributed by atoms with Gasteiger partial charge in [0.05, 0.1) is 5.02 Å². The predicted molar refractivity (Wildman–Crippen MR) is 80.8 cm³/mol. The van der Waals surface area contributed by atoms with Crippen molar-refractivity contribution in [3.63, 3.8) is 0 Å². The summed E-state index contributed by atoms with van der Waals surface area (Å²) in [5.41, 5.74) is 0. The Morgan fingerprint density at radius 2 is 2.00 bits per heavy atom. The minimum atomic E-state index is -4.53. The van der Waals surface area contributed by atoms with Crippen molar-refractivity contribution < 1.29 is 27.5 Å². The van der Waals surface area contributed by atoms with Gasteiger partial charge in [-0.15, -0.1) is 11.3 Å². The van der Waals surface area contributed by atoms with E-state index in [9.17, 15) is 22.8 Å². The first-order valence-electron chi connectivity index (χ1n) is 6.41. The molecule has 4 nitrogen and oxygen atoms in total. The molecule has 0 aliphatic heterocycles. The largest absolute Gasteiger partial charge is 0.448 e. The summed E-state index contributed by atoms with van der Waals surface area (Å²) < 4.78 is 41.8. The molecule has 0 saturated heterocycles. The first-order chi connectivity index (χ1) is 10.7. The van der Waals surface area contributed by atoms with Gasteiger partial charge in [-0.2, -0.15) is 13.2 Å². The van der Waals surface area contributed by atoms with Gasteiger partial charge in [0.15, 0.2) is 6.10 Å². The molecule has 0 bridgehead atoms. The number of benzene rings is 1. The third-order valence-electron chi connectivity index (χ3n) is 2.84. The summed E-state index contributed by atoms with van der Waals surface area (Å²) in [6.45, 7) is -0.303. The topological polar surface area (TPSA) is 55.4 Å². The first-order valence-corrected chi connectivity index (χ1v) is 7.61. The lowest BCUT2D eigenvalue weighted by atomic mass is 10.2. The molecule has 1 heterocycles. The highest BCUT2D eigenvalue weighted by Crippen LogP contribution is 2.35. The number of alkyl halides is 3. The Morgan fingerprint density at radius 3 is 2.61 bits per heavy atom. The zero-order valence-corrected chi connectivity index (χ0v) is 13.3. The molecule has 0 aliphatic rings. The van der Waals surface area contributed by atoms with Crippen LogP contribution < -0.4 is 5.32 Å². The highest BCUT2D eigenvalue weighted by Gasteiger charge is 2.30. The van der Waals surface area contributed by atoms with Crippen LogP contribution in [0, 0.1) is 0 Å². The maximum atomic E-state index is 12.1. The fourth-order valence-corrected chi connectivity index (χ4v) is 3.14. The second-order valence-electron chi connectivity index (χ2n) is 4.62. The SMILES string of the molecule is C[C@@H](OC(=O)c1sc2ccccc2c1Cl)C(=O)NCC(F)(F)F. The Bertz CT molecular complexity index is 744. The molecule has 2 aromatic rings. The second-order valence-corrected chi connectivity index (χ2v) is 6.05. The van der Waals surface area contributed by atoms with Gasteiger partial charge in [-0.3, -0.25) is 4.79 Å². The molecule has 1 aromatic carbocycles. The highest BCUT2D eigenvalue weighted by atomic mass is 35.5. The van der Waals surface area contributed by atoms with E-state index in [2.05, 4.69) is 0 Å². The van der Waals surface area contributed by atoms with E-state index in [1.54, 1.807) is 29.6 Å². The van der Waals surface area contributed by atoms with E-state index in [1.807, 2.05) is 0 Å². The fraction of sp³-hybridized carbons (Fsp3) is 0.286. The van der Waals surface area contributed by atoms with Gasteiger partial charge < -0.3 is 10.1 Å². The van der Waals surface area contributed by atoms with Crippen molar-refractivity contribution in [2.24, 2.45) is 0 Å². The van der Waals surface area contributed by atoms with Crippen LogP contribution in [0.15, 0.2) is 24.3 Å². The number of ether oxygens (including phenoxy) is 1. The number of hydrogen-bond donors (Lipinski definition) is 1. The Hall–Kier alpha value is -1.80. The molecule has 1 N–H and O–H groups in total. The summed E-state index contributed by atoms with van der Waals surface area (Å²) in [5, 5.41) is 2.51. The third-order valence-corrected chi connectivity index (χ3v) is 4.49. The fourth-order valence-electron chi connectivity index (χ4n) is 1.74. The molecule has 1 aromatic heterocycles. The van der Waals surface area contributed by atoms with Crippen LogP contribution in [0.25, 0.3) is 10.1 Å². The highest BCUT2D eigenvalue weighted by molar-refractivity contribution is 7.21. The molecule has 0 fully saturated rings. The molecular formula is C14H11ClF3NO3S. The number of nitrogens with one attached hydrogen (secondary N) is 1. The number of hydrogen-bond acceptors (Lipinski definition) is 4. The van der Waals surface area contributed by atoms with Crippen LogP contribution in [0.4, 0.5) is 13.2 Å². The molecule has 2 rings (SSSR count). The van der Waals surface area contributed by atoms with E-state index in [0.29, 0.717) is 5.39 Å². The van der Waals surface area contributed by atoms with Crippen molar-refractivity contribution in [3.05, 3.63) is 34.2 Å². The Labute approximate surface area is 138 Å². The number of fused-ring (bicyclic) bond motifs is 1. The lowest BCUT2D eigenvalue weighted by molar-refractivity contribution is -0.143. The summed E-state index contributed by atoms with van der Waals surface area (Å²) in [6, 6.07) is 7.02. The summed E-state index contributed by atoms with van der Waals surface area (Å²) in [4.78, 5) is 23.6. The van der Waals surface area contributed by atoms with Crippen molar-refractivity contribution in [3.8, 4) is 0 Å². The van der Waals surface area contributed by atoms with Crippen molar-refractivity contribution in [1.82, 2.24) is 5.32 Å². The van der Waals surface area contributed by atoms with E-state index >= 15 is 0 Å². The minimum Gasteiger partial charge on any atom is -0.448 e. The van der Waals surface area contributed by atoms with E-state index in [4.69, 9.17) is 16.3 Å². The Morgan fingerprint density at radius 1 is 1.35 bits per heavy atom. The number of amides is 1. The molecular weight excluding hydrogens is 355 g/mol. The van der Waals surface area contributed by atoms with E-state index in [1.165, 1.54) is 6.92 Å². The van der Waals surface area contributed by atoms with Gasteiger partial charge in [0.25, 0.3) is 5.91 Å². The standard InChI is InChI=1S/C14H11ClF3NO3S/c1-7(12(20)19-6-14(16,17)18)22-13(21)11-10(15)8-4-2-3-5-9(8)23-11/h2-5,7H,6H2,1H3,(H,19,20)/t7-/m1/s1. The first kappa shape index (κ1) is 17.6. The van der Waals surface area contributed by atoms with Gasteiger partial charge in [0.2, 0.25) is 0 Å². The number of carbonyl (C=O) groups is 2. The van der Waals surface area contributed by atoms with Crippen LogP contribution in [-0.2, 0) is 9.53 Å². The van der Waals surface area contributed by atoms with Crippen LogP contribution in [0.3, 0.4) is 0 Å². The lowest BCUT2D eigenvalue weighted by Gasteiger charge is -2.14. The molecule has 1 amide bonds. The molecule has 9 heteroatoms. The second kappa shape index (κ2) is 6.76. The van der Waals surface area contributed by atoms with Gasteiger partial charge in [0, 0.05) is 10.1 Å². The smallest absolute Gasteiger partial charge is 0.405 e. The van der Waals surface area contributed by atoms with Crippen molar-refractivity contribution in [2.75, 3.05) is 6.54 Å². The molecule has 0 unspecified atom stereocenters. The minimum absolute atomic E-state index is 0.100. The van der Waals surface area contributed by atoms with Gasteiger partial charge in [-0.25, -0.2) is 4.79 Å². The van der Waals surface area contributed by atoms with E-state index in [0.717, 1.165) is 16.0 Å². The van der Waals surface area contributed by atoms with Gasteiger partial charge in [-0.1, -0.05) is 29.8 Å². The number of thiophene rings is 1. The average Bonchev–Trinajstić information content (AvgIpc) is 2.81. The number of halogens is 4. The predicted octanol–water partition coefficient (Wildman–Crippen LogP) is 3.78. The summed E-state index contributed by atoms with van der Waals surface area (Å²) in [5.74, 6) is -1.89. The van der Waals surface area contributed by atoms with Crippen LogP contribution in [-0.4, -0.2) is 30.7 Å². The van der Waals surface area contributed by atoms with Gasteiger partial charge in [0.1, 0.15) is 11.4 Å². The van der Waals surface area contributed by atoms with E-state index < -0.39 is 30.7 Å². The molecule has 0 spiro atoms. The molecule has 1 atom stereocenters. The molecule has 23 heavy (non-hydrogen) atoms. The van der Waals surface area contributed by atoms with Crippen LogP contribution >= 0.6 is 22.9 Å². The summed E-state index contributed by atoms with van der Waals surface area (Å²) >= 11 is 7.18.